The molecule has 0 saturated carbocycles. The largest absolute Gasteiger partial charge is 0.481 e. The van der Waals surface area contributed by atoms with Gasteiger partial charge in [0.2, 0.25) is 0 Å². The van der Waals surface area contributed by atoms with Gasteiger partial charge in [0.05, 0.1) is 5.41 Å². The van der Waals surface area contributed by atoms with E-state index in [0.29, 0.717) is 18.8 Å². The highest BCUT2D eigenvalue weighted by Crippen LogP contribution is 2.34. The number of carboxylic acids is 2. The van der Waals surface area contributed by atoms with Gasteiger partial charge < -0.3 is 10.2 Å². The number of unbranched alkanes of at least 4 members (excludes halogenated alkanes) is 6. The molecule has 2 N–H and O–H groups in total. The van der Waals surface area contributed by atoms with Gasteiger partial charge in [-0.25, -0.2) is 0 Å². The number of hydrogen-bond acceptors (Lipinski definition) is 2. The van der Waals surface area contributed by atoms with E-state index in [1.165, 1.54) is 25.7 Å². The fourth-order valence-corrected chi connectivity index (χ4v) is 3.23. The van der Waals surface area contributed by atoms with Crippen molar-refractivity contribution >= 4 is 11.9 Å². The fourth-order valence-electron chi connectivity index (χ4n) is 3.23. The molecule has 0 fully saturated rings. The van der Waals surface area contributed by atoms with Gasteiger partial charge in [0.25, 0.3) is 0 Å². The lowest BCUT2D eigenvalue weighted by atomic mass is 9.76. The molecule has 2 unspecified atom stereocenters. The van der Waals surface area contributed by atoms with Crippen LogP contribution in [-0.4, -0.2) is 22.2 Å². The summed E-state index contributed by atoms with van der Waals surface area (Å²) in [7, 11) is 0. The van der Waals surface area contributed by atoms with Crippen molar-refractivity contribution in [3.8, 4) is 0 Å². The lowest BCUT2D eigenvalue weighted by Gasteiger charge is -2.28. The van der Waals surface area contributed by atoms with E-state index in [2.05, 4.69) is 13.8 Å². The highest BCUT2D eigenvalue weighted by atomic mass is 16.4. The van der Waals surface area contributed by atoms with Crippen molar-refractivity contribution in [2.75, 3.05) is 0 Å². The number of carboxylic acid groups (broad SMARTS) is 2. The Balaban J connectivity index is 4.10. The third-order valence-electron chi connectivity index (χ3n) is 4.73. The van der Waals surface area contributed by atoms with Crippen LogP contribution in [0.4, 0.5) is 0 Å². The molecule has 0 rings (SSSR count). The molecule has 4 heteroatoms. The molecule has 0 amide bonds. The minimum Gasteiger partial charge on any atom is -0.481 e. The van der Waals surface area contributed by atoms with Crippen molar-refractivity contribution in [2.45, 2.75) is 97.8 Å². The first-order valence-electron chi connectivity index (χ1n) is 9.27. The van der Waals surface area contributed by atoms with Gasteiger partial charge in [-0.05, 0) is 32.1 Å². The second-order valence-electron chi connectivity index (χ2n) is 7.33. The summed E-state index contributed by atoms with van der Waals surface area (Å²) in [5, 5.41) is 18.2. The topological polar surface area (TPSA) is 74.6 Å². The van der Waals surface area contributed by atoms with Gasteiger partial charge in [0.15, 0.2) is 0 Å². The van der Waals surface area contributed by atoms with E-state index in [9.17, 15) is 14.7 Å². The van der Waals surface area contributed by atoms with Gasteiger partial charge in [0, 0.05) is 6.42 Å². The van der Waals surface area contributed by atoms with Crippen LogP contribution in [0.25, 0.3) is 0 Å². The Labute approximate surface area is 141 Å². The average Bonchev–Trinajstić information content (AvgIpc) is 2.47. The zero-order chi connectivity index (χ0) is 17.7. The first kappa shape index (κ1) is 21.9. The van der Waals surface area contributed by atoms with Crippen LogP contribution >= 0.6 is 0 Å². The predicted octanol–water partition coefficient (Wildman–Crippen LogP) is 5.50. The van der Waals surface area contributed by atoms with Gasteiger partial charge in [-0.2, -0.15) is 0 Å². The molecule has 136 valence electrons. The quantitative estimate of drug-likeness (QED) is 0.389. The van der Waals surface area contributed by atoms with Crippen LogP contribution in [0.5, 0.6) is 0 Å². The maximum atomic E-state index is 11.7. The number of aliphatic carboxylic acids is 2. The minimum atomic E-state index is -0.754. The van der Waals surface area contributed by atoms with Crippen molar-refractivity contribution in [1.29, 1.82) is 0 Å². The Kier molecular flexibility index (Phi) is 11.8. The zero-order valence-electron chi connectivity index (χ0n) is 15.3. The second kappa shape index (κ2) is 12.4. The molecule has 0 radical (unpaired) electrons. The van der Waals surface area contributed by atoms with Crippen LogP contribution in [-0.2, 0) is 9.59 Å². The molecule has 0 aromatic carbocycles. The third-order valence-corrected chi connectivity index (χ3v) is 4.73. The normalized spacial score (nSPS) is 15.1. The Hall–Kier alpha value is -1.06. The second-order valence-corrected chi connectivity index (χ2v) is 7.33. The van der Waals surface area contributed by atoms with Crippen molar-refractivity contribution in [2.24, 2.45) is 11.3 Å². The Morgan fingerprint density at radius 1 is 0.957 bits per heavy atom. The van der Waals surface area contributed by atoms with E-state index in [1.807, 2.05) is 6.92 Å². The molecule has 0 aliphatic carbocycles. The molecule has 0 bridgehead atoms. The summed E-state index contributed by atoms with van der Waals surface area (Å²) >= 11 is 0. The van der Waals surface area contributed by atoms with Gasteiger partial charge in [-0.15, -0.1) is 0 Å². The van der Waals surface area contributed by atoms with E-state index in [0.717, 1.165) is 32.1 Å². The highest BCUT2D eigenvalue weighted by Gasteiger charge is 2.33. The fraction of sp³-hybridized carbons (Fsp3) is 0.895. The monoisotopic (exact) mass is 328 g/mol. The van der Waals surface area contributed by atoms with Crippen LogP contribution in [0, 0.1) is 11.3 Å². The number of rotatable bonds is 15. The molecule has 0 aromatic heterocycles. The van der Waals surface area contributed by atoms with Crippen molar-refractivity contribution in [1.82, 2.24) is 0 Å². The molecule has 0 aliphatic heterocycles. The summed E-state index contributed by atoms with van der Waals surface area (Å²) < 4.78 is 0. The summed E-state index contributed by atoms with van der Waals surface area (Å²) in [4.78, 5) is 22.2. The van der Waals surface area contributed by atoms with Crippen molar-refractivity contribution < 1.29 is 19.8 Å². The standard InChI is InChI=1S/C19H36O4/c1-4-5-6-7-8-11-14-19(3,18(22)23)15-16(2)12-9-10-13-17(20)21/h16H,4-15H2,1-3H3,(H,20,21)(H,22,23). The molecular formula is C19H36O4. The summed E-state index contributed by atoms with van der Waals surface area (Å²) in [6, 6.07) is 0. The van der Waals surface area contributed by atoms with Crippen molar-refractivity contribution in [3.05, 3.63) is 0 Å². The van der Waals surface area contributed by atoms with E-state index in [1.54, 1.807) is 0 Å². The SMILES string of the molecule is CCCCCCCCC(C)(CC(C)CCCCC(=O)O)C(=O)O. The predicted molar refractivity (Wildman–Crippen MR) is 93.6 cm³/mol. The Bertz CT molecular complexity index is 340. The van der Waals surface area contributed by atoms with Gasteiger partial charge in [0.1, 0.15) is 0 Å². The van der Waals surface area contributed by atoms with Crippen LogP contribution in [0.3, 0.4) is 0 Å². The maximum absolute atomic E-state index is 11.7. The molecule has 0 aromatic rings. The smallest absolute Gasteiger partial charge is 0.309 e. The summed E-state index contributed by atoms with van der Waals surface area (Å²) in [6.45, 7) is 6.15. The number of hydrogen-bond donors (Lipinski definition) is 2. The van der Waals surface area contributed by atoms with Gasteiger partial charge in [-0.1, -0.05) is 65.2 Å². The van der Waals surface area contributed by atoms with Gasteiger partial charge >= 0.3 is 11.9 Å². The third kappa shape index (κ3) is 11.2. The maximum Gasteiger partial charge on any atom is 0.309 e. The van der Waals surface area contributed by atoms with Gasteiger partial charge in [-0.3, -0.25) is 9.59 Å². The van der Waals surface area contributed by atoms with Crippen LogP contribution in [0.1, 0.15) is 97.8 Å². The lowest BCUT2D eigenvalue weighted by Crippen LogP contribution is -2.29. The number of carbonyl (C=O) groups is 2. The minimum absolute atomic E-state index is 0.209. The molecule has 0 saturated heterocycles. The first-order valence-corrected chi connectivity index (χ1v) is 9.27. The molecule has 4 nitrogen and oxygen atoms in total. The summed E-state index contributed by atoms with van der Waals surface area (Å²) in [5.41, 5.74) is -0.642. The van der Waals surface area contributed by atoms with Crippen LogP contribution in [0.2, 0.25) is 0 Å². The highest BCUT2D eigenvalue weighted by molar-refractivity contribution is 5.74. The lowest BCUT2D eigenvalue weighted by molar-refractivity contribution is -0.149. The molecule has 2 atom stereocenters. The molecule has 0 spiro atoms. The molecule has 23 heavy (non-hydrogen) atoms. The summed E-state index contributed by atoms with van der Waals surface area (Å²) in [5.74, 6) is -1.12. The van der Waals surface area contributed by atoms with Crippen LogP contribution in [0.15, 0.2) is 0 Å². The van der Waals surface area contributed by atoms with Crippen LogP contribution < -0.4 is 0 Å². The van der Waals surface area contributed by atoms with E-state index < -0.39 is 17.4 Å². The Morgan fingerprint density at radius 2 is 1.57 bits per heavy atom. The molecule has 0 aliphatic rings. The molecule has 0 heterocycles. The molecular weight excluding hydrogens is 292 g/mol. The van der Waals surface area contributed by atoms with E-state index in [-0.39, 0.29) is 6.42 Å². The van der Waals surface area contributed by atoms with Crippen molar-refractivity contribution in [3.63, 3.8) is 0 Å². The summed E-state index contributed by atoms with van der Waals surface area (Å²) in [6.07, 6.45) is 11.1. The zero-order valence-corrected chi connectivity index (χ0v) is 15.3. The van der Waals surface area contributed by atoms with E-state index >= 15 is 0 Å². The first-order chi connectivity index (χ1) is 10.8. The Morgan fingerprint density at radius 3 is 2.13 bits per heavy atom. The average molecular weight is 328 g/mol. The van der Waals surface area contributed by atoms with E-state index in [4.69, 9.17) is 5.11 Å².